The first-order chi connectivity index (χ1) is 36.4. The van der Waals surface area contributed by atoms with Gasteiger partial charge in [0.15, 0.2) is 0 Å². The molecule has 0 aliphatic carbocycles. The van der Waals surface area contributed by atoms with E-state index in [-0.39, 0.29) is 59.3 Å². The third kappa shape index (κ3) is 21.7. The number of benzene rings is 2. The summed E-state index contributed by atoms with van der Waals surface area (Å²) in [4.78, 5) is 73.0. The molecule has 0 spiro atoms. The van der Waals surface area contributed by atoms with Gasteiger partial charge in [0, 0.05) is 85.5 Å². The van der Waals surface area contributed by atoms with Crippen molar-refractivity contribution in [3.63, 3.8) is 0 Å². The van der Waals surface area contributed by atoms with Crippen LogP contribution in [0.4, 0.5) is 0 Å². The Hall–Kier alpha value is -5.54. The van der Waals surface area contributed by atoms with Crippen molar-refractivity contribution in [3.8, 4) is 11.5 Å². The van der Waals surface area contributed by atoms with Crippen LogP contribution in [-0.2, 0) is 52.6 Å². The van der Waals surface area contributed by atoms with Crippen LogP contribution in [0.5, 0.6) is 11.5 Å². The molecule has 3 aliphatic rings. The molecular formula is C62H91NO14. The van der Waals surface area contributed by atoms with Gasteiger partial charge in [-0.2, -0.15) is 0 Å². The van der Waals surface area contributed by atoms with E-state index in [1.807, 2.05) is 36.4 Å². The lowest BCUT2D eigenvalue weighted by Crippen LogP contribution is -2.31. The number of nitrogens with zero attached hydrogens (tertiary/aromatic N) is 1. The second-order valence-electron chi connectivity index (χ2n) is 23.5. The normalized spacial score (nSPS) is 16.0. The molecule has 77 heavy (non-hydrogen) atoms. The van der Waals surface area contributed by atoms with E-state index in [1.165, 1.54) is 44.3 Å². The summed E-state index contributed by atoms with van der Waals surface area (Å²) in [5.74, 6) is -0.0664. The fourth-order valence-corrected chi connectivity index (χ4v) is 10.7. The largest absolute Gasteiger partial charge is 0.492 e. The zero-order valence-electron chi connectivity index (χ0n) is 48.2. The Morgan fingerprint density at radius 3 is 1.30 bits per heavy atom. The Morgan fingerprint density at radius 1 is 0.558 bits per heavy atom. The van der Waals surface area contributed by atoms with Crippen molar-refractivity contribution in [2.75, 3.05) is 39.6 Å². The Kier molecular flexibility index (Phi) is 25.9. The number of carbonyl (C=O) groups is 6. The number of esters is 2. The number of carbonyl (C=O) groups excluding carboxylic acids is 5. The van der Waals surface area contributed by atoms with Gasteiger partial charge in [0.25, 0.3) is 11.8 Å². The van der Waals surface area contributed by atoms with Gasteiger partial charge in [-0.3, -0.25) is 24.0 Å². The average Bonchev–Trinajstić information content (AvgIpc) is 4.01. The number of carboxylic acids is 1. The van der Waals surface area contributed by atoms with Gasteiger partial charge in [-0.25, -0.2) is 4.79 Å². The summed E-state index contributed by atoms with van der Waals surface area (Å²) in [6, 6.07) is 15.0. The van der Waals surface area contributed by atoms with Crippen molar-refractivity contribution in [1.29, 1.82) is 0 Å². The maximum atomic E-state index is 11.8. The molecule has 0 atom stereocenters. The molecule has 3 aliphatic heterocycles. The van der Waals surface area contributed by atoms with E-state index in [0.717, 1.165) is 106 Å². The molecule has 1 saturated heterocycles. The van der Waals surface area contributed by atoms with Crippen LogP contribution in [0.2, 0.25) is 0 Å². The molecule has 0 aromatic heterocycles. The minimum Gasteiger partial charge on any atom is -0.492 e. The maximum Gasteiger partial charge on any atom is 0.333 e. The van der Waals surface area contributed by atoms with Gasteiger partial charge in [0.1, 0.15) is 23.0 Å². The Morgan fingerprint density at radius 2 is 0.922 bits per heavy atom. The van der Waals surface area contributed by atoms with E-state index < -0.39 is 23.8 Å². The second kappa shape index (κ2) is 31.2. The van der Waals surface area contributed by atoms with Crippen LogP contribution in [0.15, 0.2) is 59.7 Å². The van der Waals surface area contributed by atoms with Crippen molar-refractivity contribution < 1.29 is 67.1 Å². The van der Waals surface area contributed by atoms with Crippen LogP contribution >= 0.6 is 0 Å². The molecule has 5 rings (SSSR count). The molecule has 428 valence electrons. The highest BCUT2D eigenvalue weighted by atomic mass is 16.7. The zero-order valence-corrected chi connectivity index (χ0v) is 48.2. The summed E-state index contributed by atoms with van der Waals surface area (Å²) < 4.78 is 35.2. The van der Waals surface area contributed by atoms with E-state index in [9.17, 15) is 28.8 Å². The second-order valence-corrected chi connectivity index (χ2v) is 23.5. The SMILES string of the molecule is CC(=O)Oc1cccc(C2=C(C(C)(C)COCCCCCCCCCCC(=O)O)C(C)(C)CO2)c1.CC(=O)Oc1cccc(C2=C(C(C)(C)COCCCCCCCCCCC(=O)ON3C(=O)CCC3=O)C(C)(C)CO2)c1. The van der Waals surface area contributed by atoms with Crippen molar-refractivity contribution in [1.82, 2.24) is 5.06 Å². The molecule has 0 bridgehead atoms. The number of carboxylic acid groups (broad SMARTS) is 1. The molecule has 15 heteroatoms. The molecule has 1 fully saturated rings. The maximum absolute atomic E-state index is 11.8. The van der Waals surface area contributed by atoms with Gasteiger partial charge in [-0.15, -0.1) is 5.06 Å². The van der Waals surface area contributed by atoms with Gasteiger partial charge >= 0.3 is 23.9 Å². The lowest BCUT2D eigenvalue weighted by atomic mass is 9.70. The predicted octanol–water partition coefficient (Wildman–Crippen LogP) is 13.6. The summed E-state index contributed by atoms with van der Waals surface area (Å²) in [6.07, 6.45) is 17.6. The first-order valence-corrected chi connectivity index (χ1v) is 28.2. The monoisotopic (exact) mass is 1070 g/mol. The summed E-state index contributed by atoms with van der Waals surface area (Å²) in [7, 11) is 0. The Balaban J connectivity index is 0.000000338. The minimum absolute atomic E-state index is 0.111. The number of rotatable bonds is 33. The van der Waals surface area contributed by atoms with E-state index in [1.54, 1.807) is 12.1 Å². The highest BCUT2D eigenvalue weighted by Crippen LogP contribution is 2.51. The van der Waals surface area contributed by atoms with Crippen molar-refractivity contribution in [2.45, 2.75) is 198 Å². The minimum atomic E-state index is -0.696. The van der Waals surface area contributed by atoms with Gasteiger partial charge in [0.05, 0.1) is 26.4 Å². The number of imide groups is 1. The van der Waals surface area contributed by atoms with Crippen LogP contribution in [-0.4, -0.2) is 85.5 Å². The first-order valence-electron chi connectivity index (χ1n) is 28.2. The third-order valence-electron chi connectivity index (χ3n) is 14.0. The van der Waals surface area contributed by atoms with Crippen LogP contribution in [0.25, 0.3) is 11.5 Å². The lowest BCUT2D eigenvalue weighted by Gasteiger charge is -2.34. The molecular weight excluding hydrogens is 983 g/mol. The van der Waals surface area contributed by atoms with Crippen molar-refractivity contribution >= 4 is 47.2 Å². The molecule has 0 unspecified atom stereocenters. The van der Waals surface area contributed by atoms with Crippen LogP contribution in [0.3, 0.4) is 0 Å². The number of amides is 2. The quantitative estimate of drug-likeness (QED) is 0.0307. The van der Waals surface area contributed by atoms with E-state index in [0.29, 0.717) is 56.0 Å². The number of hydroxylamine groups is 2. The van der Waals surface area contributed by atoms with Gasteiger partial charge in [-0.05, 0) is 61.1 Å². The number of unbranched alkanes of at least 4 members (excludes halogenated alkanes) is 14. The van der Waals surface area contributed by atoms with Crippen molar-refractivity contribution in [3.05, 3.63) is 70.8 Å². The topological polar surface area (TPSA) is 190 Å². The Bertz CT molecular complexity index is 2330. The fourth-order valence-electron chi connectivity index (χ4n) is 10.7. The third-order valence-corrected chi connectivity index (χ3v) is 14.0. The molecule has 0 saturated carbocycles. The van der Waals surface area contributed by atoms with Crippen LogP contribution in [0, 0.1) is 21.7 Å². The molecule has 0 radical (unpaired) electrons. The summed E-state index contributed by atoms with van der Waals surface area (Å²) in [6.45, 7) is 24.2. The van der Waals surface area contributed by atoms with Gasteiger partial charge in [0.2, 0.25) is 0 Å². The highest BCUT2D eigenvalue weighted by Gasteiger charge is 2.45. The van der Waals surface area contributed by atoms with E-state index >= 15 is 0 Å². The van der Waals surface area contributed by atoms with Gasteiger partial charge in [-0.1, -0.05) is 157 Å². The first kappa shape index (κ1) is 64.0. The Labute approximate surface area is 459 Å². The molecule has 1 N–H and O–H groups in total. The predicted molar refractivity (Wildman–Crippen MR) is 296 cm³/mol. The van der Waals surface area contributed by atoms with Crippen LogP contribution in [0.1, 0.15) is 209 Å². The summed E-state index contributed by atoms with van der Waals surface area (Å²) in [5, 5.41) is 9.27. The molecule has 2 aromatic carbocycles. The smallest absolute Gasteiger partial charge is 0.333 e. The van der Waals surface area contributed by atoms with Gasteiger partial charge < -0.3 is 38.4 Å². The van der Waals surface area contributed by atoms with Crippen molar-refractivity contribution in [2.24, 2.45) is 21.7 Å². The number of aliphatic carboxylic acids is 1. The molecule has 2 amide bonds. The van der Waals surface area contributed by atoms with E-state index in [4.69, 9.17) is 38.4 Å². The zero-order chi connectivity index (χ0) is 56.7. The summed E-state index contributed by atoms with van der Waals surface area (Å²) >= 11 is 0. The lowest BCUT2D eigenvalue weighted by molar-refractivity contribution is -0.197. The van der Waals surface area contributed by atoms with Crippen LogP contribution < -0.4 is 9.47 Å². The highest BCUT2D eigenvalue weighted by molar-refractivity contribution is 6.01. The number of hydrogen-bond acceptors (Lipinski definition) is 13. The number of hydrogen-bond donors (Lipinski definition) is 1. The molecule has 15 nitrogen and oxygen atoms in total. The standard InChI is InChI=1S/C33H47NO8.C29H44O6/c1-24(35)41-26-16-14-15-25(21-26)30-31(33(4,5)23-40-30)32(2,3)22-39-20-13-11-9-7-6-8-10-12-17-29(38)42-34-27(36)18-19-28(34)37;1-22(30)35-24-16-14-15-23(19-24)26-27(29(4,5)21-34-26)28(2,3)20-33-18-13-11-9-7-6-8-10-12-17-25(31)32/h14-16,21H,6-13,17-20,22-23H2,1-5H3;14-16,19H,6-13,17-18,20-21H2,1-5H3,(H,31,32). The number of ether oxygens (including phenoxy) is 6. The molecule has 3 heterocycles. The summed E-state index contributed by atoms with van der Waals surface area (Å²) in [5.41, 5.74) is 3.55. The van der Waals surface area contributed by atoms with E-state index in [2.05, 4.69) is 55.4 Å². The fraction of sp³-hybridized carbons (Fsp3) is 0.645. The average molecular weight is 1070 g/mol. The molecule has 2 aromatic rings.